The van der Waals surface area contributed by atoms with Crippen LogP contribution in [0.15, 0.2) is 59.5 Å². The molecule has 0 bridgehead atoms. The van der Waals surface area contributed by atoms with E-state index in [4.69, 9.17) is 4.84 Å². The fourth-order valence-corrected chi connectivity index (χ4v) is 4.82. The van der Waals surface area contributed by atoms with E-state index in [0.717, 1.165) is 15.6 Å². The number of nitrogens with zero attached hydrogens (tertiary/aromatic N) is 1. The van der Waals surface area contributed by atoms with Crippen molar-refractivity contribution in [3.05, 3.63) is 65.7 Å². The molecule has 0 aliphatic carbocycles. The maximum absolute atomic E-state index is 12.9. The first-order chi connectivity index (χ1) is 11.0. The van der Waals surface area contributed by atoms with Crippen molar-refractivity contribution >= 4 is 26.0 Å². The number of hydroxylamine groups is 1. The van der Waals surface area contributed by atoms with Gasteiger partial charge in [0.1, 0.15) is 6.10 Å². The lowest BCUT2D eigenvalue weighted by molar-refractivity contribution is -0.0883. The van der Waals surface area contributed by atoms with Crippen LogP contribution in [0.25, 0.3) is 0 Å². The third-order valence-electron chi connectivity index (χ3n) is 3.92. The van der Waals surface area contributed by atoms with Crippen LogP contribution < -0.4 is 0 Å². The lowest BCUT2D eigenvalue weighted by Crippen LogP contribution is -2.35. The van der Waals surface area contributed by atoms with Crippen molar-refractivity contribution in [3.8, 4) is 0 Å². The van der Waals surface area contributed by atoms with Crippen LogP contribution in [-0.2, 0) is 14.9 Å². The van der Waals surface area contributed by atoms with Crippen molar-refractivity contribution < 1.29 is 13.3 Å². The van der Waals surface area contributed by atoms with Crippen LogP contribution in [-0.4, -0.2) is 24.3 Å². The standard InChI is InChI=1S/C17H18BrNO3S/c1-13-7-9-16(10-8-13)23(20,21)19-15(12-18)11-17(22-19)14-5-3-2-4-6-14/h2-10,15,17H,11-12H2,1H3/t15-,17+/m0/s1. The first-order valence-electron chi connectivity index (χ1n) is 7.41. The van der Waals surface area contributed by atoms with Gasteiger partial charge in [0.25, 0.3) is 10.0 Å². The molecule has 0 amide bonds. The van der Waals surface area contributed by atoms with E-state index in [0.29, 0.717) is 11.8 Å². The molecule has 6 heteroatoms. The van der Waals surface area contributed by atoms with Gasteiger partial charge in [-0.15, -0.1) is 0 Å². The van der Waals surface area contributed by atoms with Crippen LogP contribution in [0.2, 0.25) is 0 Å². The summed E-state index contributed by atoms with van der Waals surface area (Å²) >= 11 is 3.41. The summed E-state index contributed by atoms with van der Waals surface area (Å²) in [4.78, 5) is 6.07. The first kappa shape index (κ1) is 16.6. The van der Waals surface area contributed by atoms with E-state index in [1.165, 1.54) is 0 Å². The average molecular weight is 396 g/mol. The number of alkyl halides is 1. The number of sulfonamides is 1. The Hall–Kier alpha value is -1.21. The van der Waals surface area contributed by atoms with E-state index in [2.05, 4.69) is 15.9 Å². The molecule has 0 aromatic heterocycles. The number of rotatable bonds is 4. The van der Waals surface area contributed by atoms with E-state index in [9.17, 15) is 8.42 Å². The second-order valence-corrected chi connectivity index (χ2v) is 8.05. The van der Waals surface area contributed by atoms with Gasteiger partial charge in [0, 0.05) is 5.33 Å². The van der Waals surface area contributed by atoms with Crippen LogP contribution in [0.5, 0.6) is 0 Å². The smallest absolute Gasteiger partial charge is 0.265 e. The SMILES string of the molecule is Cc1ccc(S(=O)(=O)N2O[C@@H](c3ccccc3)C[C@H]2CBr)cc1. The first-order valence-corrected chi connectivity index (χ1v) is 9.97. The molecule has 2 atom stereocenters. The van der Waals surface area contributed by atoms with Gasteiger partial charge in [0.2, 0.25) is 0 Å². The average Bonchev–Trinajstić information content (AvgIpc) is 3.01. The Balaban J connectivity index is 1.90. The number of benzene rings is 2. The second kappa shape index (κ2) is 6.73. The molecule has 0 unspecified atom stereocenters. The van der Waals surface area contributed by atoms with E-state index in [1.54, 1.807) is 24.3 Å². The van der Waals surface area contributed by atoms with Crippen LogP contribution in [0.1, 0.15) is 23.7 Å². The molecule has 0 spiro atoms. The molecule has 1 heterocycles. The molecule has 2 aromatic rings. The molecule has 1 aliphatic rings. The molecule has 0 radical (unpaired) electrons. The minimum absolute atomic E-state index is 0.230. The zero-order chi connectivity index (χ0) is 16.4. The molecule has 2 aromatic carbocycles. The zero-order valence-electron chi connectivity index (χ0n) is 12.7. The van der Waals surface area contributed by atoms with Crippen LogP contribution >= 0.6 is 15.9 Å². The van der Waals surface area contributed by atoms with Gasteiger partial charge in [-0.1, -0.05) is 68.4 Å². The predicted molar refractivity (Wildman–Crippen MR) is 92.7 cm³/mol. The summed E-state index contributed by atoms with van der Waals surface area (Å²) in [6, 6.07) is 16.3. The van der Waals surface area contributed by atoms with Crippen molar-refractivity contribution in [1.29, 1.82) is 0 Å². The highest BCUT2D eigenvalue weighted by atomic mass is 79.9. The Labute approximate surface area is 145 Å². The summed E-state index contributed by atoms with van der Waals surface area (Å²) in [6.07, 6.45) is 0.374. The third kappa shape index (κ3) is 3.35. The Morgan fingerprint density at radius 3 is 2.39 bits per heavy atom. The van der Waals surface area contributed by atoms with Gasteiger partial charge in [0.15, 0.2) is 0 Å². The van der Waals surface area contributed by atoms with Crippen molar-refractivity contribution in [3.63, 3.8) is 0 Å². The second-order valence-electron chi connectivity index (χ2n) is 5.62. The Morgan fingerprint density at radius 1 is 1.13 bits per heavy atom. The summed E-state index contributed by atoms with van der Waals surface area (Å²) in [7, 11) is -3.68. The van der Waals surface area contributed by atoms with Crippen LogP contribution in [0, 0.1) is 6.92 Å². The van der Waals surface area contributed by atoms with E-state index in [1.807, 2.05) is 37.3 Å². The highest BCUT2D eigenvalue weighted by molar-refractivity contribution is 9.09. The van der Waals surface area contributed by atoms with Gasteiger partial charge in [-0.05, 0) is 31.0 Å². The van der Waals surface area contributed by atoms with Crippen molar-refractivity contribution in [2.45, 2.75) is 30.4 Å². The summed E-state index contributed by atoms with van der Waals surface area (Å²) in [5.41, 5.74) is 2.01. The van der Waals surface area contributed by atoms with Gasteiger partial charge in [0.05, 0.1) is 10.9 Å². The van der Waals surface area contributed by atoms with Crippen molar-refractivity contribution in [2.24, 2.45) is 0 Å². The molecule has 4 nitrogen and oxygen atoms in total. The lowest BCUT2D eigenvalue weighted by Gasteiger charge is -2.21. The lowest BCUT2D eigenvalue weighted by atomic mass is 10.0. The van der Waals surface area contributed by atoms with Crippen LogP contribution in [0.3, 0.4) is 0 Å². The van der Waals surface area contributed by atoms with Crippen molar-refractivity contribution in [1.82, 2.24) is 4.47 Å². The van der Waals surface area contributed by atoms with Gasteiger partial charge >= 0.3 is 0 Å². The topological polar surface area (TPSA) is 46.6 Å². The molecular formula is C17H18BrNO3S. The molecule has 1 saturated heterocycles. The number of aryl methyl sites for hydroxylation is 1. The number of hydrogen-bond donors (Lipinski definition) is 0. The monoisotopic (exact) mass is 395 g/mol. The molecule has 3 rings (SSSR count). The summed E-state index contributed by atoms with van der Waals surface area (Å²) in [6.45, 7) is 1.93. The fourth-order valence-electron chi connectivity index (χ4n) is 2.64. The molecule has 0 N–H and O–H groups in total. The molecule has 1 aliphatic heterocycles. The van der Waals surface area contributed by atoms with E-state index in [-0.39, 0.29) is 17.0 Å². The van der Waals surface area contributed by atoms with Gasteiger partial charge in [-0.2, -0.15) is 0 Å². The van der Waals surface area contributed by atoms with Crippen LogP contribution in [0.4, 0.5) is 0 Å². The van der Waals surface area contributed by atoms with E-state index >= 15 is 0 Å². The summed E-state index contributed by atoms with van der Waals surface area (Å²) < 4.78 is 26.9. The Morgan fingerprint density at radius 2 is 1.78 bits per heavy atom. The predicted octanol–water partition coefficient (Wildman–Crippen LogP) is 3.83. The largest absolute Gasteiger partial charge is 0.276 e. The quantitative estimate of drug-likeness (QED) is 0.739. The number of halogens is 1. The van der Waals surface area contributed by atoms with E-state index < -0.39 is 10.0 Å². The fraction of sp³-hybridized carbons (Fsp3) is 0.294. The molecule has 23 heavy (non-hydrogen) atoms. The maximum atomic E-state index is 12.9. The summed E-state index contributed by atoms with van der Waals surface area (Å²) in [5.74, 6) is 0. The zero-order valence-corrected chi connectivity index (χ0v) is 15.1. The molecule has 1 fully saturated rings. The minimum Gasteiger partial charge on any atom is -0.276 e. The number of hydrogen-bond acceptors (Lipinski definition) is 3. The molecular weight excluding hydrogens is 378 g/mol. The molecule has 122 valence electrons. The summed E-state index contributed by atoms with van der Waals surface area (Å²) in [5, 5.41) is 0.529. The maximum Gasteiger partial charge on any atom is 0.265 e. The normalized spacial score (nSPS) is 22.3. The van der Waals surface area contributed by atoms with Gasteiger partial charge in [-0.3, -0.25) is 4.84 Å². The Bertz CT molecular complexity index is 762. The Kier molecular flexibility index (Phi) is 4.87. The van der Waals surface area contributed by atoms with Gasteiger partial charge in [-0.25, -0.2) is 8.42 Å². The minimum atomic E-state index is -3.68. The molecule has 0 saturated carbocycles. The van der Waals surface area contributed by atoms with Crippen molar-refractivity contribution in [2.75, 3.05) is 5.33 Å². The van der Waals surface area contributed by atoms with Gasteiger partial charge < -0.3 is 0 Å². The highest BCUT2D eigenvalue weighted by Crippen LogP contribution is 2.37. The highest BCUT2D eigenvalue weighted by Gasteiger charge is 2.41. The third-order valence-corrected chi connectivity index (χ3v) is 6.39.